The Hall–Kier alpha value is -2.97. The van der Waals surface area contributed by atoms with E-state index in [4.69, 9.17) is 0 Å². The third-order valence-corrected chi connectivity index (χ3v) is 5.16. The molecule has 1 atom stereocenters. The number of nitrogens with zero attached hydrogens (tertiary/aromatic N) is 4. The van der Waals surface area contributed by atoms with Crippen LogP contribution >= 0.6 is 0 Å². The number of aliphatic hydroxyl groups is 2. The van der Waals surface area contributed by atoms with Crippen molar-refractivity contribution in [2.75, 3.05) is 23.3 Å². The number of fused-ring (bicyclic) bond motifs is 1. The highest BCUT2D eigenvalue weighted by atomic mass is 16.3. The summed E-state index contributed by atoms with van der Waals surface area (Å²) in [5, 5.41) is 27.3. The van der Waals surface area contributed by atoms with Crippen LogP contribution in [-0.2, 0) is 5.60 Å². The second-order valence-electron chi connectivity index (χ2n) is 7.93. The molecule has 152 valence electrons. The standard InChI is InChI=1S/C21H25N5O3/c1-21(2,29)15-7-5-14(6-8-15)20(28)24-17-12-19(25-11-3-4-16(27)13-25)26-18(23-17)9-10-22-26/h5-10,12,16,27,29H,3-4,11,13H2,1-2H3,(H,23,24,28). The summed E-state index contributed by atoms with van der Waals surface area (Å²) in [7, 11) is 0. The Morgan fingerprint density at radius 3 is 2.69 bits per heavy atom. The van der Waals surface area contributed by atoms with Crippen LogP contribution in [0.25, 0.3) is 5.65 Å². The van der Waals surface area contributed by atoms with Crippen LogP contribution < -0.4 is 10.2 Å². The summed E-state index contributed by atoms with van der Waals surface area (Å²) < 4.78 is 1.71. The van der Waals surface area contributed by atoms with Gasteiger partial charge in [-0.3, -0.25) is 4.79 Å². The number of nitrogens with one attached hydrogen (secondary N) is 1. The highest BCUT2D eigenvalue weighted by Crippen LogP contribution is 2.24. The Balaban J connectivity index is 1.60. The zero-order valence-corrected chi connectivity index (χ0v) is 16.5. The molecule has 3 aromatic rings. The normalized spacial score (nSPS) is 17.5. The van der Waals surface area contributed by atoms with Crippen molar-refractivity contribution in [1.29, 1.82) is 0 Å². The van der Waals surface area contributed by atoms with E-state index in [-0.39, 0.29) is 12.0 Å². The molecule has 8 nitrogen and oxygen atoms in total. The van der Waals surface area contributed by atoms with Gasteiger partial charge >= 0.3 is 0 Å². The van der Waals surface area contributed by atoms with Gasteiger partial charge < -0.3 is 20.4 Å². The molecule has 1 aliphatic heterocycles. The predicted octanol–water partition coefficient (Wildman–Crippen LogP) is 2.17. The van der Waals surface area contributed by atoms with Gasteiger partial charge in [0.05, 0.1) is 17.9 Å². The second-order valence-corrected chi connectivity index (χ2v) is 7.93. The van der Waals surface area contributed by atoms with Crippen molar-refractivity contribution in [2.24, 2.45) is 0 Å². The fraction of sp³-hybridized carbons (Fsp3) is 0.381. The zero-order chi connectivity index (χ0) is 20.6. The molecule has 0 aliphatic carbocycles. The van der Waals surface area contributed by atoms with Crippen molar-refractivity contribution in [3.8, 4) is 0 Å². The number of aromatic nitrogens is 3. The van der Waals surface area contributed by atoms with Crippen LogP contribution in [-0.4, -0.2) is 49.9 Å². The van der Waals surface area contributed by atoms with Crippen LogP contribution in [0.15, 0.2) is 42.6 Å². The molecular weight excluding hydrogens is 370 g/mol. The van der Waals surface area contributed by atoms with Gasteiger partial charge in [0.15, 0.2) is 5.65 Å². The quantitative estimate of drug-likeness (QED) is 0.626. The van der Waals surface area contributed by atoms with Crippen LogP contribution in [0.3, 0.4) is 0 Å². The third-order valence-electron chi connectivity index (χ3n) is 5.16. The van der Waals surface area contributed by atoms with Crippen LogP contribution in [0.1, 0.15) is 42.6 Å². The van der Waals surface area contributed by atoms with Crippen molar-refractivity contribution in [3.05, 3.63) is 53.7 Å². The summed E-state index contributed by atoms with van der Waals surface area (Å²) >= 11 is 0. The van der Waals surface area contributed by atoms with Gasteiger partial charge in [-0.2, -0.15) is 9.61 Å². The lowest BCUT2D eigenvalue weighted by atomic mass is 9.97. The van der Waals surface area contributed by atoms with E-state index in [2.05, 4.69) is 20.3 Å². The minimum Gasteiger partial charge on any atom is -0.391 e. The Bertz CT molecular complexity index is 1020. The maximum atomic E-state index is 12.7. The second kappa shape index (κ2) is 7.46. The topological polar surface area (TPSA) is 103 Å². The number of piperidine rings is 1. The molecule has 3 N–H and O–H groups in total. The van der Waals surface area contributed by atoms with Crippen LogP contribution in [0, 0.1) is 0 Å². The number of hydrogen-bond donors (Lipinski definition) is 3. The lowest BCUT2D eigenvalue weighted by molar-refractivity contribution is 0.0785. The van der Waals surface area contributed by atoms with Crippen molar-refractivity contribution in [2.45, 2.75) is 38.4 Å². The number of rotatable bonds is 4. The van der Waals surface area contributed by atoms with Gasteiger partial charge in [0, 0.05) is 30.8 Å². The van der Waals surface area contributed by atoms with E-state index in [0.29, 0.717) is 23.6 Å². The third kappa shape index (κ3) is 4.08. The number of benzene rings is 1. The zero-order valence-electron chi connectivity index (χ0n) is 16.5. The van der Waals surface area contributed by atoms with E-state index in [1.54, 1.807) is 61.0 Å². The van der Waals surface area contributed by atoms with Crippen LogP contribution in [0.4, 0.5) is 11.6 Å². The minimum atomic E-state index is -0.961. The largest absolute Gasteiger partial charge is 0.391 e. The molecule has 1 aromatic carbocycles. The SMILES string of the molecule is CC(C)(O)c1ccc(C(=O)Nc2cc(N3CCCC(O)C3)n3nccc3n2)cc1. The first-order valence-corrected chi connectivity index (χ1v) is 9.73. The molecule has 29 heavy (non-hydrogen) atoms. The lowest BCUT2D eigenvalue weighted by Gasteiger charge is -2.32. The minimum absolute atomic E-state index is 0.284. The van der Waals surface area contributed by atoms with E-state index in [1.165, 1.54) is 0 Å². The monoisotopic (exact) mass is 395 g/mol. The van der Waals surface area contributed by atoms with E-state index >= 15 is 0 Å². The molecule has 0 radical (unpaired) electrons. The molecule has 3 heterocycles. The average molecular weight is 395 g/mol. The van der Waals surface area contributed by atoms with Gasteiger partial charge in [-0.1, -0.05) is 12.1 Å². The summed E-state index contributed by atoms with van der Waals surface area (Å²) in [6, 6.07) is 10.4. The number of carbonyl (C=O) groups excluding carboxylic acids is 1. The number of amides is 1. The molecule has 1 aliphatic rings. The Morgan fingerprint density at radius 2 is 2.00 bits per heavy atom. The number of carbonyl (C=O) groups is 1. The average Bonchev–Trinajstić information content (AvgIpc) is 3.15. The fourth-order valence-corrected chi connectivity index (χ4v) is 3.57. The smallest absolute Gasteiger partial charge is 0.256 e. The number of hydrogen-bond acceptors (Lipinski definition) is 6. The summed E-state index contributed by atoms with van der Waals surface area (Å²) in [5.41, 5.74) is 0.870. The fourth-order valence-electron chi connectivity index (χ4n) is 3.57. The molecule has 0 saturated carbocycles. The molecule has 1 unspecified atom stereocenters. The predicted molar refractivity (Wildman–Crippen MR) is 110 cm³/mol. The Labute approximate surface area is 168 Å². The molecule has 1 amide bonds. The first-order chi connectivity index (χ1) is 13.8. The molecule has 1 fully saturated rings. The molecular formula is C21H25N5O3. The summed E-state index contributed by atoms with van der Waals surface area (Å²) in [4.78, 5) is 19.2. The van der Waals surface area contributed by atoms with E-state index in [0.717, 1.165) is 30.8 Å². The molecule has 2 aromatic heterocycles. The van der Waals surface area contributed by atoms with E-state index < -0.39 is 5.60 Å². The highest BCUT2D eigenvalue weighted by Gasteiger charge is 2.22. The Kier molecular flexibility index (Phi) is 4.97. The van der Waals surface area contributed by atoms with Gasteiger partial charge in [-0.25, -0.2) is 4.98 Å². The van der Waals surface area contributed by atoms with Gasteiger partial charge in [0.2, 0.25) is 0 Å². The van der Waals surface area contributed by atoms with Crippen molar-refractivity contribution >= 4 is 23.2 Å². The van der Waals surface area contributed by atoms with Crippen molar-refractivity contribution in [3.63, 3.8) is 0 Å². The number of β-amino-alcohol motifs (C(OH)–C–C–N with tert-alkyl or cyclic N) is 1. The maximum absolute atomic E-state index is 12.7. The van der Waals surface area contributed by atoms with Gasteiger partial charge in [-0.05, 0) is 44.4 Å². The van der Waals surface area contributed by atoms with Gasteiger partial charge in [-0.15, -0.1) is 0 Å². The van der Waals surface area contributed by atoms with E-state index in [9.17, 15) is 15.0 Å². The maximum Gasteiger partial charge on any atom is 0.256 e. The number of aliphatic hydroxyl groups excluding tert-OH is 1. The molecule has 0 bridgehead atoms. The molecule has 1 saturated heterocycles. The Morgan fingerprint density at radius 1 is 1.24 bits per heavy atom. The van der Waals surface area contributed by atoms with Crippen LogP contribution in [0.2, 0.25) is 0 Å². The first kappa shape index (κ1) is 19.4. The summed E-state index contributed by atoms with van der Waals surface area (Å²) in [6.07, 6.45) is 2.96. The van der Waals surface area contributed by atoms with Gasteiger partial charge in [0.1, 0.15) is 11.6 Å². The number of anilines is 2. The lowest BCUT2D eigenvalue weighted by Crippen LogP contribution is -2.39. The van der Waals surface area contributed by atoms with Crippen LogP contribution in [0.5, 0.6) is 0 Å². The van der Waals surface area contributed by atoms with E-state index in [1.807, 2.05) is 0 Å². The van der Waals surface area contributed by atoms with Crippen molar-refractivity contribution < 1.29 is 15.0 Å². The highest BCUT2D eigenvalue weighted by molar-refractivity contribution is 6.04. The molecule has 0 spiro atoms. The molecule has 8 heteroatoms. The summed E-state index contributed by atoms with van der Waals surface area (Å²) in [6.45, 7) is 4.73. The first-order valence-electron chi connectivity index (χ1n) is 9.73. The summed E-state index contributed by atoms with van der Waals surface area (Å²) in [5.74, 6) is 0.921. The molecule has 4 rings (SSSR count). The van der Waals surface area contributed by atoms with Crippen molar-refractivity contribution in [1.82, 2.24) is 14.6 Å². The van der Waals surface area contributed by atoms with Gasteiger partial charge in [0.25, 0.3) is 5.91 Å².